The molecule has 0 fully saturated rings. The second-order valence-corrected chi connectivity index (χ2v) is 5.37. The molecule has 0 unspecified atom stereocenters. The van der Waals surface area contributed by atoms with Crippen LogP contribution in [0.25, 0.3) is 11.4 Å². The van der Waals surface area contributed by atoms with Crippen molar-refractivity contribution in [2.75, 3.05) is 5.32 Å². The van der Waals surface area contributed by atoms with Crippen LogP contribution >= 0.6 is 0 Å². The number of hydrogen-bond acceptors (Lipinski definition) is 4. The molecule has 3 rings (SSSR count). The molecule has 0 aliphatic carbocycles. The second-order valence-electron chi connectivity index (χ2n) is 5.37. The smallest absolute Gasteiger partial charge is 0.248 e. The van der Waals surface area contributed by atoms with Gasteiger partial charge in [-0.05, 0) is 29.3 Å². The predicted octanol–water partition coefficient (Wildman–Crippen LogP) is 2.82. The van der Waals surface area contributed by atoms with Crippen molar-refractivity contribution in [1.82, 2.24) is 20.2 Å². The summed E-state index contributed by atoms with van der Waals surface area (Å²) in [6.07, 6.45) is 0.935. The van der Waals surface area contributed by atoms with Crippen LogP contribution in [0.1, 0.15) is 12.5 Å². The van der Waals surface area contributed by atoms with Crippen molar-refractivity contribution in [2.45, 2.75) is 19.9 Å². The van der Waals surface area contributed by atoms with Gasteiger partial charge in [-0.1, -0.05) is 31.2 Å². The molecule has 0 aliphatic rings. The van der Waals surface area contributed by atoms with E-state index < -0.39 is 17.5 Å². The Bertz CT molecular complexity index is 892. The first-order chi connectivity index (χ1) is 12.0. The minimum atomic E-state index is -1.03. The monoisotopic (exact) mass is 343 g/mol. The molecule has 0 atom stereocenters. The number of carbonyl (C=O) groups is 1. The molecule has 0 spiro atoms. The number of carbonyl (C=O) groups excluding carboxylic acids is 1. The molecule has 6 nitrogen and oxygen atoms in total. The maximum absolute atomic E-state index is 13.1. The lowest BCUT2D eigenvalue weighted by Crippen LogP contribution is -2.20. The number of aryl methyl sites for hydroxylation is 1. The quantitative estimate of drug-likeness (QED) is 0.773. The first-order valence-electron chi connectivity index (χ1n) is 7.67. The number of anilines is 1. The standard InChI is InChI=1S/C17H15F2N5O/c1-2-11-3-5-12(6-4-11)17-21-23-24(22-17)10-16(25)20-13-7-8-14(18)15(19)9-13/h3-9H,2,10H2,1H3,(H,20,25). The number of nitrogens with zero attached hydrogens (tertiary/aromatic N) is 4. The molecule has 1 N–H and O–H groups in total. The van der Waals surface area contributed by atoms with E-state index in [1.54, 1.807) is 0 Å². The molecule has 0 saturated carbocycles. The van der Waals surface area contributed by atoms with Gasteiger partial charge in [0.2, 0.25) is 11.7 Å². The second kappa shape index (κ2) is 7.16. The van der Waals surface area contributed by atoms with Crippen LogP contribution < -0.4 is 5.32 Å². The average Bonchev–Trinajstić information content (AvgIpc) is 3.06. The fraction of sp³-hybridized carbons (Fsp3) is 0.176. The Kier molecular flexibility index (Phi) is 4.78. The molecule has 0 aliphatic heterocycles. The molecule has 1 amide bonds. The molecular formula is C17H15F2N5O. The summed E-state index contributed by atoms with van der Waals surface area (Å²) in [5, 5.41) is 14.3. The first-order valence-corrected chi connectivity index (χ1v) is 7.67. The van der Waals surface area contributed by atoms with Crippen LogP contribution in [0.5, 0.6) is 0 Å². The minimum Gasteiger partial charge on any atom is -0.324 e. The van der Waals surface area contributed by atoms with E-state index in [9.17, 15) is 13.6 Å². The molecule has 128 valence electrons. The van der Waals surface area contributed by atoms with Crippen LogP contribution in [0.4, 0.5) is 14.5 Å². The number of hydrogen-bond donors (Lipinski definition) is 1. The highest BCUT2D eigenvalue weighted by Crippen LogP contribution is 2.15. The lowest BCUT2D eigenvalue weighted by atomic mass is 10.1. The number of tetrazole rings is 1. The van der Waals surface area contributed by atoms with Crippen molar-refractivity contribution in [3.8, 4) is 11.4 Å². The summed E-state index contributed by atoms with van der Waals surface area (Å²) in [5.41, 5.74) is 2.14. The third kappa shape index (κ3) is 4.03. The highest BCUT2D eigenvalue weighted by atomic mass is 19.2. The first kappa shape index (κ1) is 16.7. The van der Waals surface area contributed by atoms with E-state index in [0.717, 1.165) is 28.9 Å². The van der Waals surface area contributed by atoms with Crippen LogP contribution in [0.15, 0.2) is 42.5 Å². The van der Waals surface area contributed by atoms with E-state index in [-0.39, 0.29) is 12.2 Å². The van der Waals surface area contributed by atoms with Crippen molar-refractivity contribution < 1.29 is 13.6 Å². The molecule has 0 radical (unpaired) electrons. The van der Waals surface area contributed by atoms with E-state index in [2.05, 4.69) is 27.7 Å². The van der Waals surface area contributed by atoms with Crippen molar-refractivity contribution in [3.05, 3.63) is 59.7 Å². The Balaban J connectivity index is 1.65. The number of rotatable bonds is 5. The molecule has 0 bridgehead atoms. The summed E-state index contributed by atoms with van der Waals surface area (Å²) in [5.74, 6) is -2.08. The lowest BCUT2D eigenvalue weighted by molar-refractivity contribution is -0.117. The molecule has 3 aromatic rings. The van der Waals surface area contributed by atoms with Crippen molar-refractivity contribution in [2.24, 2.45) is 0 Å². The zero-order valence-corrected chi connectivity index (χ0v) is 13.4. The van der Waals surface area contributed by atoms with Gasteiger partial charge in [-0.3, -0.25) is 4.79 Å². The summed E-state index contributed by atoms with van der Waals surface area (Å²) in [6.45, 7) is 1.87. The molecule has 25 heavy (non-hydrogen) atoms. The number of nitrogens with one attached hydrogen (secondary N) is 1. The Morgan fingerprint density at radius 2 is 1.88 bits per heavy atom. The Morgan fingerprint density at radius 3 is 2.56 bits per heavy atom. The normalized spacial score (nSPS) is 10.7. The van der Waals surface area contributed by atoms with Gasteiger partial charge in [0.05, 0.1) is 0 Å². The van der Waals surface area contributed by atoms with E-state index in [1.807, 2.05) is 24.3 Å². The largest absolute Gasteiger partial charge is 0.324 e. The third-order valence-corrected chi connectivity index (χ3v) is 3.56. The van der Waals surface area contributed by atoms with E-state index >= 15 is 0 Å². The number of amides is 1. The summed E-state index contributed by atoms with van der Waals surface area (Å²) < 4.78 is 26.0. The van der Waals surface area contributed by atoms with Gasteiger partial charge in [0.1, 0.15) is 6.54 Å². The van der Waals surface area contributed by atoms with Gasteiger partial charge in [-0.15, -0.1) is 10.2 Å². The average molecular weight is 343 g/mol. The Labute approximate surface area is 142 Å². The number of benzene rings is 2. The highest BCUT2D eigenvalue weighted by Gasteiger charge is 2.11. The van der Waals surface area contributed by atoms with Crippen molar-refractivity contribution in [3.63, 3.8) is 0 Å². The van der Waals surface area contributed by atoms with Gasteiger partial charge in [0, 0.05) is 17.3 Å². The van der Waals surface area contributed by atoms with Crippen LogP contribution in [-0.4, -0.2) is 26.1 Å². The number of aromatic nitrogens is 4. The van der Waals surface area contributed by atoms with Crippen LogP contribution in [0.2, 0.25) is 0 Å². The number of halogens is 2. The summed E-state index contributed by atoms with van der Waals surface area (Å²) in [4.78, 5) is 13.1. The molecular weight excluding hydrogens is 328 g/mol. The van der Waals surface area contributed by atoms with E-state index in [4.69, 9.17) is 0 Å². The molecule has 8 heteroatoms. The maximum atomic E-state index is 13.1. The van der Waals surface area contributed by atoms with Gasteiger partial charge in [-0.25, -0.2) is 8.78 Å². The van der Waals surface area contributed by atoms with Gasteiger partial charge >= 0.3 is 0 Å². The fourth-order valence-electron chi connectivity index (χ4n) is 2.22. The SMILES string of the molecule is CCc1ccc(-c2nnn(CC(=O)Nc3ccc(F)c(F)c3)n2)cc1. The van der Waals surface area contributed by atoms with E-state index in [0.29, 0.717) is 5.82 Å². The summed E-state index contributed by atoms with van der Waals surface area (Å²) in [7, 11) is 0. The molecule has 1 heterocycles. The third-order valence-electron chi connectivity index (χ3n) is 3.56. The van der Waals surface area contributed by atoms with Gasteiger partial charge in [0.15, 0.2) is 11.6 Å². The zero-order valence-electron chi connectivity index (χ0n) is 13.4. The minimum absolute atomic E-state index is 0.152. The fourth-order valence-corrected chi connectivity index (χ4v) is 2.22. The van der Waals surface area contributed by atoms with Gasteiger partial charge in [0.25, 0.3) is 0 Å². The van der Waals surface area contributed by atoms with E-state index in [1.165, 1.54) is 11.6 Å². The van der Waals surface area contributed by atoms with Crippen LogP contribution in [0.3, 0.4) is 0 Å². The summed E-state index contributed by atoms with van der Waals surface area (Å²) >= 11 is 0. The summed E-state index contributed by atoms with van der Waals surface area (Å²) in [6, 6.07) is 10.9. The van der Waals surface area contributed by atoms with Crippen LogP contribution in [-0.2, 0) is 17.8 Å². The van der Waals surface area contributed by atoms with Crippen molar-refractivity contribution >= 4 is 11.6 Å². The maximum Gasteiger partial charge on any atom is 0.248 e. The zero-order chi connectivity index (χ0) is 17.8. The van der Waals surface area contributed by atoms with Crippen LogP contribution in [0, 0.1) is 11.6 Å². The van der Waals surface area contributed by atoms with Gasteiger partial charge < -0.3 is 5.32 Å². The topological polar surface area (TPSA) is 72.7 Å². The predicted molar refractivity (Wildman–Crippen MR) is 87.6 cm³/mol. The Hall–Kier alpha value is -3.16. The van der Waals surface area contributed by atoms with Gasteiger partial charge in [-0.2, -0.15) is 4.80 Å². The lowest BCUT2D eigenvalue weighted by Gasteiger charge is -2.04. The molecule has 1 aromatic heterocycles. The highest BCUT2D eigenvalue weighted by molar-refractivity contribution is 5.90. The Morgan fingerprint density at radius 1 is 1.12 bits per heavy atom. The molecule has 0 saturated heterocycles. The van der Waals surface area contributed by atoms with Crippen molar-refractivity contribution in [1.29, 1.82) is 0 Å². The molecule has 2 aromatic carbocycles.